The van der Waals surface area contributed by atoms with Gasteiger partial charge < -0.3 is 0 Å². The zero-order valence-corrected chi connectivity index (χ0v) is 17.9. The Labute approximate surface area is 184 Å². The summed E-state index contributed by atoms with van der Waals surface area (Å²) in [6, 6.07) is 18.0. The van der Waals surface area contributed by atoms with Gasteiger partial charge in [0.05, 0.1) is 0 Å². The number of isocyanates is 1. The molecule has 0 fully saturated rings. The third-order valence-electron chi connectivity index (χ3n) is 5.57. The molecule has 0 heterocycles. The predicted octanol–water partition coefficient (Wildman–Crippen LogP) is 7.78. The first-order valence-corrected chi connectivity index (χ1v) is 10.9. The van der Waals surface area contributed by atoms with Crippen LogP contribution in [0.1, 0.15) is 36.8 Å². The Morgan fingerprint density at radius 2 is 1.23 bits per heavy atom. The molecule has 3 aromatic carbocycles. The first-order valence-electron chi connectivity index (χ1n) is 10.9. The van der Waals surface area contributed by atoms with Gasteiger partial charge in [0, 0.05) is 0 Å². The number of fused-ring (bicyclic) bond motifs is 5. The van der Waals surface area contributed by atoms with E-state index in [1.165, 1.54) is 47.2 Å². The molecule has 0 amide bonds. The molecule has 0 unspecified atom stereocenters. The second kappa shape index (κ2) is 12.3. The molecule has 6 rings (SSSR count). The monoisotopic (exact) mass is 407 g/mol. The third-order valence-corrected chi connectivity index (χ3v) is 5.57. The summed E-state index contributed by atoms with van der Waals surface area (Å²) in [5.74, 6) is 0. The van der Waals surface area contributed by atoms with Gasteiger partial charge in [-0.15, -0.1) is 0 Å². The standard InChI is InChI=1S/C18H16.2C5H6.CHNO/c1-3-7-15-13(5-1)9-11-18-16-8-4-2-6-14(16)10-12-17(15)18;2*1-2-4-5-3-1;2-1-3/h1,3,5,7,9-12H,2,4,6,8H2;2*1-4H,5H2;2H. The van der Waals surface area contributed by atoms with Crippen molar-refractivity contribution < 1.29 is 4.79 Å². The lowest BCUT2D eigenvalue weighted by Gasteiger charge is -2.18. The molecule has 0 spiro atoms. The number of aryl methyl sites for hydroxylation is 2. The van der Waals surface area contributed by atoms with Gasteiger partial charge in [-0.25, -0.2) is 10.2 Å². The molecule has 1 N–H and O–H groups in total. The molecule has 0 saturated heterocycles. The van der Waals surface area contributed by atoms with Gasteiger partial charge in [0.25, 0.3) is 0 Å². The molecular weight excluding hydrogens is 378 g/mol. The second-order valence-corrected chi connectivity index (χ2v) is 7.58. The van der Waals surface area contributed by atoms with Crippen LogP contribution in [0, 0.1) is 5.41 Å². The molecule has 3 aromatic rings. The van der Waals surface area contributed by atoms with Gasteiger partial charge in [0.2, 0.25) is 6.08 Å². The van der Waals surface area contributed by atoms with Gasteiger partial charge in [-0.1, -0.05) is 97.1 Å². The first kappa shape index (κ1) is 22.2. The molecule has 31 heavy (non-hydrogen) atoms. The number of rotatable bonds is 0. The van der Waals surface area contributed by atoms with E-state index in [1.807, 2.05) is 0 Å². The zero-order chi connectivity index (χ0) is 21.7. The molecule has 3 aliphatic carbocycles. The lowest BCUT2D eigenvalue weighted by Crippen LogP contribution is -2.02. The van der Waals surface area contributed by atoms with Crippen LogP contribution >= 0.6 is 0 Å². The smallest absolute Gasteiger partial charge is 0.222 e. The fourth-order valence-electron chi connectivity index (χ4n) is 4.13. The molecule has 0 radical (unpaired) electrons. The van der Waals surface area contributed by atoms with Crippen LogP contribution in [0.5, 0.6) is 0 Å². The maximum absolute atomic E-state index is 8.35. The Balaban J connectivity index is 0.000000171. The highest BCUT2D eigenvalue weighted by Crippen LogP contribution is 2.33. The summed E-state index contributed by atoms with van der Waals surface area (Å²) in [6.07, 6.45) is 25.0. The van der Waals surface area contributed by atoms with Crippen LogP contribution in [0.2, 0.25) is 0 Å². The summed E-state index contributed by atoms with van der Waals surface area (Å²) < 4.78 is 0. The van der Waals surface area contributed by atoms with Crippen LogP contribution in [0.3, 0.4) is 0 Å². The second-order valence-electron chi connectivity index (χ2n) is 7.58. The minimum atomic E-state index is 0.750. The molecular formula is C29H29NO. The fraction of sp³-hybridized carbons (Fsp3) is 0.207. The molecule has 0 bridgehead atoms. The SMILES string of the molecule is C1=CCC=C1.C1=CCC=C1.N=C=O.c1ccc2c(c1)ccc1c3c(ccc12)CCCC3. The highest BCUT2D eigenvalue weighted by atomic mass is 16.1. The number of carbonyl (C=O) groups excluding carboxylic acids is 1. The predicted molar refractivity (Wildman–Crippen MR) is 132 cm³/mol. The molecule has 0 aromatic heterocycles. The van der Waals surface area contributed by atoms with E-state index in [0.29, 0.717) is 0 Å². The Bertz CT molecular complexity index is 1120. The van der Waals surface area contributed by atoms with E-state index in [4.69, 9.17) is 10.2 Å². The number of nitrogens with one attached hydrogen (secondary N) is 1. The topological polar surface area (TPSA) is 40.9 Å². The van der Waals surface area contributed by atoms with Gasteiger partial charge in [-0.2, -0.15) is 0 Å². The van der Waals surface area contributed by atoms with Gasteiger partial charge in [-0.3, -0.25) is 0 Å². The molecule has 0 aliphatic heterocycles. The summed E-state index contributed by atoms with van der Waals surface area (Å²) in [5.41, 5.74) is 3.17. The number of benzene rings is 3. The summed E-state index contributed by atoms with van der Waals surface area (Å²) in [7, 11) is 0. The maximum Gasteiger partial charge on any atom is 0.231 e. The van der Waals surface area contributed by atoms with Crippen molar-refractivity contribution in [1.82, 2.24) is 0 Å². The Hall–Kier alpha value is -3.48. The van der Waals surface area contributed by atoms with Crippen molar-refractivity contribution >= 4 is 27.6 Å². The van der Waals surface area contributed by atoms with Gasteiger partial charge in [0.1, 0.15) is 0 Å². The number of allylic oxidation sites excluding steroid dienone is 8. The number of hydrogen-bond acceptors (Lipinski definition) is 2. The van der Waals surface area contributed by atoms with Crippen molar-refractivity contribution in [2.24, 2.45) is 0 Å². The summed E-state index contributed by atoms with van der Waals surface area (Å²) in [6.45, 7) is 0. The van der Waals surface area contributed by atoms with Crippen molar-refractivity contribution in [3.05, 3.63) is 108 Å². The van der Waals surface area contributed by atoms with E-state index in [1.54, 1.807) is 11.1 Å². The lowest BCUT2D eigenvalue weighted by atomic mass is 9.86. The minimum Gasteiger partial charge on any atom is -0.222 e. The van der Waals surface area contributed by atoms with Crippen LogP contribution in [0.25, 0.3) is 21.5 Å². The lowest BCUT2D eigenvalue weighted by molar-refractivity contribution is 0.563. The van der Waals surface area contributed by atoms with Gasteiger partial charge in [-0.05, 0) is 71.2 Å². The Kier molecular flexibility index (Phi) is 8.79. The van der Waals surface area contributed by atoms with Crippen molar-refractivity contribution in [3.8, 4) is 0 Å². The Morgan fingerprint density at radius 3 is 1.84 bits per heavy atom. The van der Waals surface area contributed by atoms with E-state index in [2.05, 4.69) is 97.1 Å². The minimum absolute atomic E-state index is 0.750. The third kappa shape index (κ3) is 6.25. The van der Waals surface area contributed by atoms with Crippen molar-refractivity contribution in [2.75, 3.05) is 0 Å². The fourth-order valence-corrected chi connectivity index (χ4v) is 4.13. The molecule has 2 nitrogen and oxygen atoms in total. The van der Waals surface area contributed by atoms with Gasteiger partial charge in [0.15, 0.2) is 0 Å². The van der Waals surface area contributed by atoms with E-state index < -0.39 is 0 Å². The molecule has 2 heteroatoms. The van der Waals surface area contributed by atoms with Crippen LogP contribution in [0.15, 0.2) is 97.1 Å². The molecule has 156 valence electrons. The summed E-state index contributed by atoms with van der Waals surface area (Å²) in [4.78, 5) is 8.35. The van der Waals surface area contributed by atoms with E-state index in [-0.39, 0.29) is 0 Å². The summed E-state index contributed by atoms with van der Waals surface area (Å²) >= 11 is 0. The normalized spacial score (nSPS) is 14.6. The first-order chi connectivity index (χ1) is 15.3. The van der Waals surface area contributed by atoms with Crippen molar-refractivity contribution in [1.29, 1.82) is 5.41 Å². The van der Waals surface area contributed by atoms with Crippen LogP contribution < -0.4 is 0 Å². The van der Waals surface area contributed by atoms with Crippen LogP contribution in [-0.2, 0) is 17.6 Å². The van der Waals surface area contributed by atoms with E-state index >= 15 is 0 Å². The quantitative estimate of drug-likeness (QED) is 0.231. The highest BCUT2D eigenvalue weighted by molar-refractivity contribution is 6.08. The maximum atomic E-state index is 8.35. The van der Waals surface area contributed by atoms with E-state index in [0.717, 1.165) is 18.9 Å². The molecule has 0 saturated carbocycles. The van der Waals surface area contributed by atoms with Crippen molar-refractivity contribution in [3.63, 3.8) is 0 Å². The van der Waals surface area contributed by atoms with Crippen LogP contribution in [-0.4, -0.2) is 6.08 Å². The average Bonchev–Trinajstić information content (AvgIpc) is 3.59. The van der Waals surface area contributed by atoms with Gasteiger partial charge >= 0.3 is 0 Å². The Morgan fingerprint density at radius 1 is 0.645 bits per heavy atom. The van der Waals surface area contributed by atoms with E-state index in [9.17, 15) is 0 Å². The number of hydrogen-bond donors (Lipinski definition) is 1. The average molecular weight is 408 g/mol. The van der Waals surface area contributed by atoms with Crippen LogP contribution in [0.4, 0.5) is 0 Å². The molecule has 3 aliphatic rings. The largest absolute Gasteiger partial charge is 0.231 e. The zero-order valence-electron chi connectivity index (χ0n) is 17.9. The highest BCUT2D eigenvalue weighted by Gasteiger charge is 2.13. The van der Waals surface area contributed by atoms with Crippen molar-refractivity contribution in [2.45, 2.75) is 38.5 Å². The summed E-state index contributed by atoms with van der Waals surface area (Å²) in [5, 5.41) is 11.0. The molecule has 0 atom stereocenters.